The Morgan fingerprint density at radius 3 is 2.29 bits per heavy atom. The van der Waals surface area contributed by atoms with E-state index in [9.17, 15) is 31.2 Å². The summed E-state index contributed by atoms with van der Waals surface area (Å²) in [5.74, 6) is -0.180. The number of amides is 1. The summed E-state index contributed by atoms with van der Waals surface area (Å²) < 4.78 is 74.2. The summed E-state index contributed by atoms with van der Waals surface area (Å²) in [5.41, 5.74) is -2.10. The Balaban J connectivity index is 1.63. The second-order valence-electron chi connectivity index (χ2n) is 11.1. The smallest absolute Gasteiger partial charge is 0.416 e. The molecule has 0 spiro atoms. The van der Waals surface area contributed by atoms with Crippen molar-refractivity contribution in [3.8, 4) is 0 Å². The Bertz CT molecular complexity index is 1660. The third kappa shape index (κ3) is 7.24. The molecular formula is C28H32ClF3N4O5S. The van der Waals surface area contributed by atoms with Crippen LogP contribution in [-0.2, 0) is 33.8 Å². The van der Waals surface area contributed by atoms with E-state index < -0.39 is 38.8 Å². The molecule has 1 fully saturated rings. The SMILES string of the molecule is CCS(=O)(=O)c1ccc(Cl)cc1Cn1cnc2cc(CN3CCN(C(=O)OC(C)(C)C)CC3)c(C(F)(F)F)cc2c1=O. The highest BCUT2D eigenvalue weighted by Crippen LogP contribution is 2.34. The number of piperazine rings is 1. The number of hydrogen-bond donors (Lipinski definition) is 0. The molecule has 9 nitrogen and oxygen atoms in total. The van der Waals surface area contributed by atoms with Crippen molar-refractivity contribution in [2.24, 2.45) is 0 Å². The van der Waals surface area contributed by atoms with Gasteiger partial charge in [0.25, 0.3) is 5.56 Å². The fourth-order valence-corrected chi connectivity index (χ4v) is 6.03. The van der Waals surface area contributed by atoms with Crippen molar-refractivity contribution in [2.45, 2.75) is 57.5 Å². The number of rotatable bonds is 6. The van der Waals surface area contributed by atoms with Gasteiger partial charge in [0.2, 0.25) is 0 Å². The molecule has 0 atom stereocenters. The maximum atomic E-state index is 14.2. The molecule has 3 aromatic rings. The standard InChI is InChI=1S/C28H32ClF3N4O5S/c1-5-42(39,40)24-7-6-20(29)12-19(24)16-36-17-33-23-13-18(22(28(30,31)32)14-21(23)25(36)37)15-34-8-10-35(11-9-34)26(38)41-27(2,3)4/h6-7,12-14,17H,5,8-11,15-16H2,1-4H3. The maximum absolute atomic E-state index is 14.2. The van der Waals surface area contributed by atoms with Gasteiger partial charge in [-0.3, -0.25) is 14.3 Å². The second kappa shape index (κ2) is 11.8. The molecule has 0 bridgehead atoms. The maximum Gasteiger partial charge on any atom is 0.416 e. The molecule has 1 aromatic heterocycles. The van der Waals surface area contributed by atoms with Gasteiger partial charge in [-0.25, -0.2) is 18.2 Å². The van der Waals surface area contributed by atoms with Crippen molar-refractivity contribution >= 4 is 38.4 Å². The van der Waals surface area contributed by atoms with Gasteiger partial charge in [0.05, 0.1) is 40.0 Å². The largest absolute Gasteiger partial charge is 0.444 e. The van der Waals surface area contributed by atoms with E-state index in [0.29, 0.717) is 26.2 Å². The summed E-state index contributed by atoms with van der Waals surface area (Å²) in [4.78, 5) is 33.2. The molecule has 1 aliphatic rings. The number of carbonyl (C=O) groups excluding carboxylic acids is 1. The fraction of sp³-hybridized carbons (Fsp3) is 0.464. The molecule has 14 heteroatoms. The first-order chi connectivity index (χ1) is 19.5. The van der Waals surface area contributed by atoms with Crippen LogP contribution in [0.5, 0.6) is 0 Å². The van der Waals surface area contributed by atoms with E-state index in [1.807, 2.05) is 0 Å². The average molecular weight is 629 g/mol. The van der Waals surface area contributed by atoms with Gasteiger partial charge in [-0.15, -0.1) is 0 Å². The lowest BCUT2D eigenvalue weighted by molar-refractivity contribution is -0.138. The van der Waals surface area contributed by atoms with Crippen LogP contribution in [-0.4, -0.2) is 71.4 Å². The Kier molecular flexibility index (Phi) is 8.96. The van der Waals surface area contributed by atoms with Gasteiger partial charge >= 0.3 is 12.3 Å². The highest BCUT2D eigenvalue weighted by atomic mass is 35.5. The van der Waals surface area contributed by atoms with E-state index >= 15 is 0 Å². The Morgan fingerprint density at radius 2 is 1.69 bits per heavy atom. The number of nitrogens with zero attached hydrogens (tertiary/aromatic N) is 4. The summed E-state index contributed by atoms with van der Waals surface area (Å²) in [5, 5.41) is 0.00280. The van der Waals surface area contributed by atoms with E-state index in [1.54, 1.807) is 25.7 Å². The van der Waals surface area contributed by atoms with Gasteiger partial charge in [-0.05, 0) is 62.2 Å². The third-order valence-electron chi connectivity index (χ3n) is 6.85. The molecule has 0 unspecified atom stereocenters. The zero-order valence-electron chi connectivity index (χ0n) is 23.7. The number of fused-ring (bicyclic) bond motifs is 1. The molecule has 1 amide bonds. The van der Waals surface area contributed by atoms with Crippen LogP contribution < -0.4 is 5.56 Å². The molecule has 0 saturated carbocycles. The van der Waals surface area contributed by atoms with Gasteiger partial charge in [0.15, 0.2) is 9.84 Å². The van der Waals surface area contributed by atoms with E-state index in [-0.39, 0.29) is 50.8 Å². The van der Waals surface area contributed by atoms with E-state index in [1.165, 1.54) is 42.4 Å². The van der Waals surface area contributed by atoms with Crippen molar-refractivity contribution < 1.29 is 31.1 Å². The van der Waals surface area contributed by atoms with Gasteiger partial charge in [-0.2, -0.15) is 13.2 Å². The van der Waals surface area contributed by atoms with Gasteiger partial charge in [0, 0.05) is 37.7 Å². The topological polar surface area (TPSA) is 102 Å². The number of alkyl halides is 3. The van der Waals surface area contributed by atoms with E-state index in [0.717, 1.165) is 10.6 Å². The molecule has 0 N–H and O–H groups in total. The van der Waals surface area contributed by atoms with Crippen LogP contribution in [0.3, 0.4) is 0 Å². The molecule has 2 aromatic carbocycles. The fourth-order valence-electron chi connectivity index (χ4n) is 4.73. The molecule has 0 radical (unpaired) electrons. The van der Waals surface area contributed by atoms with Crippen LogP contribution in [0.25, 0.3) is 10.9 Å². The third-order valence-corrected chi connectivity index (χ3v) is 8.91. The zero-order valence-corrected chi connectivity index (χ0v) is 25.2. The molecule has 0 aliphatic carbocycles. The van der Waals surface area contributed by atoms with Gasteiger partial charge in [0.1, 0.15) is 5.60 Å². The van der Waals surface area contributed by atoms with E-state index in [4.69, 9.17) is 16.3 Å². The number of aromatic nitrogens is 2. The molecule has 4 rings (SSSR count). The molecule has 1 aliphatic heterocycles. The van der Waals surface area contributed by atoms with Crippen LogP contribution in [0.15, 0.2) is 46.3 Å². The van der Waals surface area contributed by atoms with Crippen molar-refractivity contribution in [1.82, 2.24) is 19.4 Å². The lowest BCUT2D eigenvalue weighted by atomic mass is 10.0. The van der Waals surface area contributed by atoms with Crippen LogP contribution >= 0.6 is 11.6 Å². The minimum absolute atomic E-state index is 0.0144. The first-order valence-corrected chi connectivity index (χ1v) is 15.3. The Hall–Kier alpha value is -3.16. The highest BCUT2D eigenvalue weighted by molar-refractivity contribution is 7.91. The summed E-state index contributed by atoms with van der Waals surface area (Å²) in [6.07, 6.45) is -4.03. The summed E-state index contributed by atoms with van der Waals surface area (Å²) >= 11 is 6.08. The lowest BCUT2D eigenvalue weighted by Crippen LogP contribution is -2.49. The van der Waals surface area contributed by atoms with Crippen LogP contribution in [0.1, 0.15) is 44.4 Å². The minimum Gasteiger partial charge on any atom is -0.444 e. The van der Waals surface area contributed by atoms with Gasteiger partial charge in [-0.1, -0.05) is 18.5 Å². The Labute approximate surface area is 246 Å². The normalized spacial score (nSPS) is 15.3. The van der Waals surface area contributed by atoms with Crippen LogP contribution in [0.2, 0.25) is 5.02 Å². The summed E-state index contributed by atoms with van der Waals surface area (Å²) in [7, 11) is -3.66. The molecule has 42 heavy (non-hydrogen) atoms. The summed E-state index contributed by atoms with van der Waals surface area (Å²) in [6.45, 7) is 7.72. The van der Waals surface area contributed by atoms with Crippen LogP contribution in [0.4, 0.5) is 18.0 Å². The predicted molar refractivity (Wildman–Crippen MR) is 152 cm³/mol. The first-order valence-electron chi connectivity index (χ1n) is 13.3. The summed E-state index contributed by atoms with van der Waals surface area (Å²) in [6, 6.07) is 6.24. The van der Waals surface area contributed by atoms with Crippen molar-refractivity contribution in [3.63, 3.8) is 0 Å². The first kappa shape index (κ1) is 31.8. The minimum atomic E-state index is -4.75. The average Bonchev–Trinajstić information content (AvgIpc) is 2.89. The zero-order chi connectivity index (χ0) is 31.0. The highest BCUT2D eigenvalue weighted by Gasteiger charge is 2.35. The predicted octanol–water partition coefficient (Wildman–Crippen LogP) is 4.96. The second-order valence-corrected chi connectivity index (χ2v) is 13.8. The quantitative estimate of drug-likeness (QED) is 0.380. The molecule has 2 heterocycles. The molecule has 1 saturated heterocycles. The molecule has 228 valence electrons. The van der Waals surface area contributed by atoms with Crippen molar-refractivity contribution in [1.29, 1.82) is 0 Å². The number of halogens is 4. The monoisotopic (exact) mass is 628 g/mol. The lowest BCUT2D eigenvalue weighted by Gasteiger charge is -2.35. The van der Waals surface area contributed by atoms with Crippen LogP contribution in [0, 0.1) is 0 Å². The van der Waals surface area contributed by atoms with Gasteiger partial charge < -0.3 is 9.64 Å². The van der Waals surface area contributed by atoms with Crippen molar-refractivity contribution in [3.05, 3.63) is 68.7 Å². The number of hydrogen-bond acceptors (Lipinski definition) is 7. The van der Waals surface area contributed by atoms with Crippen molar-refractivity contribution in [2.75, 3.05) is 31.9 Å². The molecular weight excluding hydrogens is 597 g/mol. The Morgan fingerprint density at radius 1 is 1.02 bits per heavy atom. The number of sulfone groups is 1. The number of benzene rings is 2. The number of ether oxygens (including phenoxy) is 1. The number of carbonyl (C=O) groups is 1. The van der Waals surface area contributed by atoms with E-state index in [2.05, 4.69) is 4.98 Å².